The van der Waals surface area contributed by atoms with Crippen LogP contribution >= 0.6 is 23.1 Å². The molecule has 8 heteroatoms. The predicted molar refractivity (Wildman–Crippen MR) is 122 cm³/mol. The van der Waals surface area contributed by atoms with Crippen molar-refractivity contribution < 1.29 is 4.74 Å². The first kappa shape index (κ1) is 20.8. The van der Waals surface area contributed by atoms with Crippen molar-refractivity contribution in [2.45, 2.75) is 17.3 Å². The fourth-order valence-electron chi connectivity index (χ4n) is 2.99. The van der Waals surface area contributed by atoms with Gasteiger partial charge in [0.1, 0.15) is 17.4 Å². The number of ether oxygens (including phenoxy) is 1. The molecule has 2 aromatic heterocycles. The second-order valence-electron chi connectivity index (χ2n) is 6.62. The molecular weight excluding hydrogens is 428 g/mol. The van der Waals surface area contributed by atoms with Crippen molar-refractivity contribution in [2.75, 3.05) is 7.11 Å². The molecule has 4 rings (SSSR count). The Balaban J connectivity index is 1.52. The van der Waals surface area contributed by atoms with E-state index >= 15 is 0 Å². The number of nitrogens with zero attached hydrogens (tertiary/aromatic N) is 3. The highest BCUT2D eigenvalue weighted by atomic mass is 32.2. The van der Waals surface area contributed by atoms with E-state index < -0.39 is 5.56 Å². The molecule has 0 aliphatic carbocycles. The second kappa shape index (κ2) is 9.60. The van der Waals surface area contributed by atoms with Gasteiger partial charge in [0.2, 0.25) is 0 Å². The van der Waals surface area contributed by atoms with Crippen LogP contribution in [0.2, 0.25) is 0 Å². The fourth-order valence-corrected chi connectivity index (χ4v) is 4.68. The summed E-state index contributed by atoms with van der Waals surface area (Å²) in [7, 11) is 1.58. The molecule has 6 nitrogen and oxygen atoms in total. The van der Waals surface area contributed by atoms with Gasteiger partial charge in [-0.05, 0) is 29.8 Å². The van der Waals surface area contributed by atoms with Crippen molar-refractivity contribution in [3.05, 3.63) is 92.2 Å². The zero-order chi connectivity index (χ0) is 21.6. The Labute approximate surface area is 187 Å². The van der Waals surface area contributed by atoms with Gasteiger partial charge in [-0.3, -0.25) is 4.79 Å². The minimum absolute atomic E-state index is 0.00618. The average molecular weight is 447 g/mol. The van der Waals surface area contributed by atoms with Gasteiger partial charge >= 0.3 is 0 Å². The highest BCUT2D eigenvalue weighted by molar-refractivity contribution is 7.98. The van der Waals surface area contributed by atoms with Gasteiger partial charge in [0, 0.05) is 23.1 Å². The van der Waals surface area contributed by atoms with Gasteiger partial charge < -0.3 is 9.72 Å². The summed E-state index contributed by atoms with van der Waals surface area (Å²) in [6.07, 6.45) is 0.795. The van der Waals surface area contributed by atoms with Gasteiger partial charge in [-0.1, -0.05) is 42.1 Å². The number of thioether (sulfide) groups is 1. The van der Waals surface area contributed by atoms with Crippen molar-refractivity contribution in [1.82, 2.24) is 15.0 Å². The minimum atomic E-state index is -0.450. The van der Waals surface area contributed by atoms with Crippen LogP contribution in [0.5, 0.6) is 5.75 Å². The molecule has 0 unspecified atom stereocenters. The molecular formula is C23H18N4O2S2. The summed E-state index contributed by atoms with van der Waals surface area (Å²) in [5.41, 5.74) is 2.74. The van der Waals surface area contributed by atoms with Crippen LogP contribution in [0.25, 0.3) is 11.3 Å². The van der Waals surface area contributed by atoms with Crippen LogP contribution in [0, 0.1) is 11.3 Å². The minimum Gasteiger partial charge on any atom is -0.497 e. The first-order chi connectivity index (χ1) is 15.2. The lowest BCUT2D eigenvalue weighted by atomic mass is 10.1. The lowest BCUT2D eigenvalue weighted by Crippen LogP contribution is -2.14. The number of thiazole rings is 1. The number of aromatic nitrogens is 3. The Morgan fingerprint density at radius 2 is 1.90 bits per heavy atom. The molecule has 0 aliphatic rings. The summed E-state index contributed by atoms with van der Waals surface area (Å²) in [6, 6.07) is 19.3. The van der Waals surface area contributed by atoms with Crippen LogP contribution in [0.4, 0.5) is 0 Å². The summed E-state index contributed by atoms with van der Waals surface area (Å²) in [5, 5.41) is 13.0. The third kappa shape index (κ3) is 5.02. The molecule has 2 heterocycles. The van der Waals surface area contributed by atoms with Crippen molar-refractivity contribution in [3.8, 4) is 23.1 Å². The average Bonchev–Trinajstić information content (AvgIpc) is 3.25. The number of H-pyrrole nitrogens is 1. The number of hydrogen-bond donors (Lipinski definition) is 1. The number of rotatable bonds is 7. The molecule has 154 valence electrons. The van der Waals surface area contributed by atoms with Crippen LogP contribution in [0.3, 0.4) is 0 Å². The normalized spacial score (nSPS) is 10.6. The van der Waals surface area contributed by atoms with E-state index in [1.807, 2.05) is 29.6 Å². The summed E-state index contributed by atoms with van der Waals surface area (Å²) >= 11 is 3.01. The second-order valence-corrected chi connectivity index (χ2v) is 8.53. The van der Waals surface area contributed by atoms with Gasteiger partial charge in [0.15, 0.2) is 5.16 Å². The molecule has 0 saturated heterocycles. The Bertz CT molecular complexity index is 1280. The zero-order valence-corrected chi connectivity index (χ0v) is 18.3. The first-order valence-electron chi connectivity index (χ1n) is 9.45. The standard InChI is InChI=1S/C23H18N4O2S2/c1-29-18-9-7-16(8-10-18)21-19(12-24)22(28)27-23(26-21)31-14-17-13-30-20(25-17)11-15-5-3-2-4-6-15/h2-10,13H,11,14H2,1H3,(H,26,27,28). The number of nitriles is 1. The molecule has 0 bridgehead atoms. The number of nitrogens with one attached hydrogen (secondary N) is 1. The molecule has 4 aromatic rings. The third-order valence-corrected chi connectivity index (χ3v) is 6.33. The topological polar surface area (TPSA) is 91.7 Å². The third-order valence-electron chi connectivity index (χ3n) is 4.53. The van der Waals surface area contributed by atoms with Crippen LogP contribution in [0.15, 0.2) is 69.9 Å². The van der Waals surface area contributed by atoms with E-state index in [0.717, 1.165) is 17.1 Å². The largest absolute Gasteiger partial charge is 0.497 e. The molecule has 0 aliphatic heterocycles. The Morgan fingerprint density at radius 1 is 1.13 bits per heavy atom. The summed E-state index contributed by atoms with van der Waals surface area (Å²) in [6.45, 7) is 0. The van der Waals surface area contributed by atoms with Crippen molar-refractivity contribution >= 4 is 23.1 Å². The predicted octanol–water partition coefficient (Wildman–Crippen LogP) is 4.66. The van der Waals surface area contributed by atoms with E-state index in [9.17, 15) is 10.1 Å². The lowest BCUT2D eigenvalue weighted by Gasteiger charge is -2.07. The number of hydrogen-bond acceptors (Lipinski definition) is 7. The van der Waals surface area contributed by atoms with Crippen LogP contribution < -0.4 is 10.3 Å². The maximum Gasteiger partial charge on any atom is 0.270 e. The molecule has 31 heavy (non-hydrogen) atoms. The molecule has 0 atom stereocenters. The Hall–Kier alpha value is -3.41. The SMILES string of the molecule is COc1ccc(-c2nc(SCc3csc(Cc4ccccc4)n3)[nH]c(=O)c2C#N)cc1. The highest BCUT2D eigenvalue weighted by Crippen LogP contribution is 2.26. The van der Waals surface area contributed by atoms with Gasteiger partial charge in [-0.15, -0.1) is 11.3 Å². The molecule has 0 fully saturated rings. The zero-order valence-electron chi connectivity index (χ0n) is 16.7. The quantitative estimate of drug-likeness (QED) is 0.328. The van der Waals surface area contributed by atoms with Crippen LogP contribution in [-0.4, -0.2) is 22.1 Å². The van der Waals surface area contributed by atoms with E-state index in [4.69, 9.17) is 4.74 Å². The fraction of sp³-hybridized carbons (Fsp3) is 0.130. The monoisotopic (exact) mass is 446 g/mol. The van der Waals surface area contributed by atoms with E-state index in [1.165, 1.54) is 17.3 Å². The molecule has 2 aromatic carbocycles. The van der Waals surface area contributed by atoms with Crippen LogP contribution in [-0.2, 0) is 12.2 Å². The van der Waals surface area contributed by atoms with Gasteiger partial charge in [0.25, 0.3) is 5.56 Å². The van der Waals surface area contributed by atoms with Crippen molar-refractivity contribution in [1.29, 1.82) is 5.26 Å². The highest BCUT2D eigenvalue weighted by Gasteiger charge is 2.14. The van der Waals surface area contributed by atoms with E-state index in [0.29, 0.717) is 27.9 Å². The maximum absolute atomic E-state index is 12.4. The Kier molecular flexibility index (Phi) is 6.46. The smallest absolute Gasteiger partial charge is 0.270 e. The van der Waals surface area contributed by atoms with Gasteiger partial charge in [-0.25, -0.2) is 9.97 Å². The molecule has 0 spiro atoms. The summed E-state index contributed by atoms with van der Waals surface area (Å²) < 4.78 is 5.17. The molecule has 0 radical (unpaired) electrons. The summed E-state index contributed by atoms with van der Waals surface area (Å²) in [5.74, 6) is 1.26. The number of methoxy groups -OCH3 is 1. The molecule has 1 N–H and O–H groups in total. The van der Waals surface area contributed by atoms with Gasteiger partial charge in [0.05, 0.1) is 23.5 Å². The number of benzene rings is 2. The van der Waals surface area contributed by atoms with Crippen LogP contribution in [0.1, 0.15) is 21.8 Å². The Morgan fingerprint density at radius 3 is 2.61 bits per heavy atom. The first-order valence-corrected chi connectivity index (χ1v) is 11.3. The maximum atomic E-state index is 12.4. The van der Waals surface area contributed by atoms with Crippen molar-refractivity contribution in [2.24, 2.45) is 0 Å². The number of aromatic amines is 1. The van der Waals surface area contributed by atoms with E-state index in [-0.39, 0.29) is 5.56 Å². The van der Waals surface area contributed by atoms with E-state index in [2.05, 4.69) is 27.1 Å². The van der Waals surface area contributed by atoms with E-state index in [1.54, 1.807) is 42.7 Å². The molecule has 0 amide bonds. The van der Waals surface area contributed by atoms with Gasteiger partial charge in [-0.2, -0.15) is 5.26 Å². The molecule has 0 saturated carbocycles. The summed E-state index contributed by atoms with van der Waals surface area (Å²) in [4.78, 5) is 24.4. The van der Waals surface area contributed by atoms with Crippen molar-refractivity contribution in [3.63, 3.8) is 0 Å². The lowest BCUT2D eigenvalue weighted by molar-refractivity contribution is 0.415.